The fraction of sp³-hybridized carbons (Fsp3) is 0.636. The van der Waals surface area contributed by atoms with Crippen LogP contribution in [0.4, 0.5) is 5.69 Å². The van der Waals surface area contributed by atoms with Crippen LogP contribution in [0.1, 0.15) is 25.1 Å². The summed E-state index contributed by atoms with van der Waals surface area (Å²) in [7, 11) is 0. The van der Waals surface area contributed by atoms with Crippen molar-refractivity contribution in [2.24, 2.45) is 0 Å². The molecule has 0 aliphatic heterocycles. The fourth-order valence-electron chi connectivity index (χ4n) is 1.27. The first kappa shape index (κ1) is 12.9. The van der Waals surface area contributed by atoms with E-state index in [1.54, 1.807) is 11.3 Å². The number of hydrogen-bond donors (Lipinski definition) is 2. The third kappa shape index (κ3) is 4.91. The molecule has 1 atom stereocenters. The highest BCUT2D eigenvalue weighted by atomic mass is 32.2. The SMILES string of the molecule is CCSCCC(C)NCc1sccc1N. The van der Waals surface area contributed by atoms with Crippen molar-refractivity contribution in [3.63, 3.8) is 0 Å². The maximum Gasteiger partial charge on any atom is 0.0468 e. The van der Waals surface area contributed by atoms with Gasteiger partial charge in [0, 0.05) is 23.2 Å². The topological polar surface area (TPSA) is 38.0 Å². The van der Waals surface area contributed by atoms with Gasteiger partial charge in [-0.25, -0.2) is 0 Å². The Morgan fingerprint density at radius 1 is 1.60 bits per heavy atom. The normalized spacial score (nSPS) is 12.9. The first-order valence-corrected chi connectivity index (χ1v) is 7.40. The number of rotatable bonds is 7. The van der Waals surface area contributed by atoms with Crippen molar-refractivity contribution in [3.05, 3.63) is 16.3 Å². The Morgan fingerprint density at radius 3 is 3.00 bits per heavy atom. The zero-order chi connectivity index (χ0) is 11.1. The maximum absolute atomic E-state index is 5.81. The van der Waals surface area contributed by atoms with E-state index in [0.29, 0.717) is 6.04 Å². The molecule has 0 radical (unpaired) electrons. The lowest BCUT2D eigenvalue weighted by atomic mass is 10.2. The number of hydrogen-bond acceptors (Lipinski definition) is 4. The molecule has 86 valence electrons. The standard InChI is InChI=1S/C11H20N2S2/c1-3-14-6-4-9(2)13-8-11-10(12)5-7-15-11/h5,7,9,13H,3-4,6,8,12H2,1-2H3. The van der Waals surface area contributed by atoms with Gasteiger partial charge in [-0.3, -0.25) is 0 Å². The average Bonchev–Trinajstić information content (AvgIpc) is 2.61. The molecular weight excluding hydrogens is 224 g/mol. The summed E-state index contributed by atoms with van der Waals surface area (Å²) in [6.07, 6.45) is 1.23. The summed E-state index contributed by atoms with van der Waals surface area (Å²) in [6.45, 7) is 5.34. The highest BCUT2D eigenvalue weighted by molar-refractivity contribution is 7.99. The zero-order valence-corrected chi connectivity index (χ0v) is 11.1. The third-order valence-corrected chi connectivity index (χ3v) is 4.16. The predicted molar refractivity (Wildman–Crippen MR) is 72.6 cm³/mol. The number of anilines is 1. The zero-order valence-electron chi connectivity index (χ0n) is 9.45. The summed E-state index contributed by atoms with van der Waals surface area (Å²) in [5, 5.41) is 5.55. The van der Waals surface area contributed by atoms with E-state index in [0.717, 1.165) is 12.2 Å². The van der Waals surface area contributed by atoms with E-state index >= 15 is 0 Å². The molecule has 0 saturated carbocycles. The van der Waals surface area contributed by atoms with Gasteiger partial charge < -0.3 is 11.1 Å². The average molecular weight is 244 g/mol. The highest BCUT2D eigenvalue weighted by Gasteiger charge is 2.04. The lowest BCUT2D eigenvalue weighted by Gasteiger charge is -2.12. The van der Waals surface area contributed by atoms with Crippen LogP contribution in [0.5, 0.6) is 0 Å². The van der Waals surface area contributed by atoms with Gasteiger partial charge >= 0.3 is 0 Å². The molecule has 0 fully saturated rings. The van der Waals surface area contributed by atoms with E-state index in [1.807, 2.05) is 23.2 Å². The molecule has 0 saturated heterocycles. The minimum absolute atomic E-state index is 0.575. The second kappa shape index (κ2) is 7.14. The Morgan fingerprint density at radius 2 is 2.40 bits per heavy atom. The summed E-state index contributed by atoms with van der Waals surface area (Å²) in [5.74, 6) is 2.45. The number of thioether (sulfide) groups is 1. The van der Waals surface area contributed by atoms with E-state index in [-0.39, 0.29) is 0 Å². The molecule has 15 heavy (non-hydrogen) atoms. The Labute approximate surface area is 101 Å². The molecule has 0 aliphatic carbocycles. The third-order valence-electron chi connectivity index (χ3n) is 2.29. The van der Waals surface area contributed by atoms with Crippen LogP contribution in [0.2, 0.25) is 0 Å². The lowest BCUT2D eigenvalue weighted by molar-refractivity contribution is 0.541. The van der Waals surface area contributed by atoms with Crippen molar-refractivity contribution in [1.29, 1.82) is 0 Å². The van der Waals surface area contributed by atoms with Crippen molar-refractivity contribution in [2.75, 3.05) is 17.2 Å². The molecule has 0 bridgehead atoms. The van der Waals surface area contributed by atoms with Crippen molar-refractivity contribution in [1.82, 2.24) is 5.32 Å². The molecule has 2 nitrogen and oxygen atoms in total. The van der Waals surface area contributed by atoms with Crippen LogP contribution in [0, 0.1) is 0 Å². The van der Waals surface area contributed by atoms with Crippen molar-refractivity contribution < 1.29 is 0 Å². The quantitative estimate of drug-likeness (QED) is 0.724. The van der Waals surface area contributed by atoms with Gasteiger partial charge in [0.1, 0.15) is 0 Å². The monoisotopic (exact) mass is 244 g/mol. The van der Waals surface area contributed by atoms with Crippen LogP contribution in [0.3, 0.4) is 0 Å². The van der Waals surface area contributed by atoms with Crippen molar-refractivity contribution in [2.45, 2.75) is 32.9 Å². The van der Waals surface area contributed by atoms with Gasteiger partial charge in [-0.15, -0.1) is 11.3 Å². The summed E-state index contributed by atoms with van der Waals surface area (Å²) < 4.78 is 0. The van der Waals surface area contributed by atoms with Crippen LogP contribution in [-0.2, 0) is 6.54 Å². The largest absolute Gasteiger partial charge is 0.398 e. The second-order valence-electron chi connectivity index (χ2n) is 3.57. The van der Waals surface area contributed by atoms with E-state index < -0.39 is 0 Å². The summed E-state index contributed by atoms with van der Waals surface area (Å²) >= 11 is 3.73. The van der Waals surface area contributed by atoms with Crippen LogP contribution in [0.25, 0.3) is 0 Å². The Hall–Kier alpha value is -0.190. The molecule has 1 aromatic heterocycles. The van der Waals surface area contributed by atoms with Gasteiger partial charge in [-0.05, 0) is 36.3 Å². The number of nitrogen functional groups attached to an aromatic ring is 1. The molecule has 0 spiro atoms. The molecule has 0 amide bonds. The molecule has 1 unspecified atom stereocenters. The van der Waals surface area contributed by atoms with Crippen molar-refractivity contribution in [3.8, 4) is 0 Å². The second-order valence-corrected chi connectivity index (χ2v) is 5.96. The molecule has 3 N–H and O–H groups in total. The highest BCUT2D eigenvalue weighted by Crippen LogP contribution is 2.18. The van der Waals surface area contributed by atoms with Gasteiger partial charge in [0.05, 0.1) is 0 Å². The number of nitrogens with two attached hydrogens (primary N) is 1. The minimum Gasteiger partial charge on any atom is -0.398 e. The van der Waals surface area contributed by atoms with Gasteiger partial charge in [0.15, 0.2) is 0 Å². The predicted octanol–water partition coefficient (Wildman–Crippen LogP) is 2.95. The van der Waals surface area contributed by atoms with Crippen LogP contribution >= 0.6 is 23.1 Å². The molecule has 4 heteroatoms. The van der Waals surface area contributed by atoms with Crippen LogP contribution in [0.15, 0.2) is 11.4 Å². The molecule has 1 heterocycles. The van der Waals surface area contributed by atoms with Gasteiger partial charge in [0.2, 0.25) is 0 Å². The smallest absolute Gasteiger partial charge is 0.0468 e. The van der Waals surface area contributed by atoms with Gasteiger partial charge in [0.25, 0.3) is 0 Å². The molecule has 1 aromatic rings. The number of thiophene rings is 1. The van der Waals surface area contributed by atoms with Crippen molar-refractivity contribution >= 4 is 28.8 Å². The number of nitrogens with one attached hydrogen (secondary N) is 1. The Bertz CT molecular complexity index is 273. The molecular formula is C11H20N2S2. The Balaban J connectivity index is 2.16. The first-order valence-electron chi connectivity index (χ1n) is 5.37. The van der Waals surface area contributed by atoms with E-state index in [9.17, 15) is 0 Å². The minimum atomic E-state index is 0.575. The summed E-state index contributed by atoms with van der Waals surface area (Å²) in [4.78, 5) is 1.25. The van der Waals surface area contributed by atoms with E-state index in [4.69, 9.17) is 5.73 Å². The summed E-state index contributed by atoms with van der Waals surface area (Å²) in [6, 6.07) is 2.55. The Kier molecular flexibility index (Phi) is 6.13. The first-order chi connectivity index (χ1) is 7.24. The maximum atomic E-state index is 5.81. The molecule has 1 rings (SSSR count). The van der Waals surface area contributed by atoms with E-state index in [2.05, 4.69) is 19.2 Å². The van der Waals surface area contributed by atoms with Gasteiger partial charge in [-0.2, -0.15) is 11.8 Å². The van der Waals surface area contributed by atoms with E-state index in [1.165, 1.54) is 22.8 Å². The van der Waals surface area contributed by atoms with Gasteiger partial charge in [-0.1, -0.05) is 6.92 Å². The molecule has 0 aliphatic rings. The fourth-order valence-corrected chi connectivity index (χ4v) is 2.83. The van der Waals surface area contributed by atoms with Crippen LogP contribution < -0.4 is 11.1 Å². The summed E-state index contributed by atoms with van der Waals surface area (Å²) in [5.41, 5.74) is 6.73. The van der Waals surface area contributed by atoms with Crippen LogP contribution in [-0.4, -0.2) is 17.5 Å². The molecule has 0 aromatic carbocycles. The lowest BCUT2D eigenvalue weighted by Crippen LogP contribution is -2.25.